The highest BCUT2D eigenvalue weighted by molar-refractivity contribution is 5.73. The predicted octanol–water partition coefficient (Wildman–Crippen LogP) is -5.36. The van der Waals surface area contributed by atoms with Crippen LogP contribution in [0.5, 0.6) is 0 Å². The molecule has 27 heavy (non-hydrogen) atoms. The maximum Gasteiger partial charge on any atom is 0.217 e. The maximum absolute atomic E-state index is 11.4. The summed E-state index contributed by atoms with van der Waals surface area (Å²) >= 11 is 0. The van der Waals surface area contributed by atoms with Crippen LogP contribution in [-0.2, 0) is 23.8 Å². The van der Waals surface area contributed by atoms with Crippen LogP contribution in [-0.4, -0.2) is 111 Å². The molecular weight excluding hydrogens is 372 g/mol. The summed E-state index contributed by atoms with van der Waals surface area (Å²) in [4.78, 5) is 15.9. The number of nitrogens with two attached hydrogens (primary N) is 1. The fraction of sp³-hybridized carbons (Fsp3) is 0.929. The van der Waals surface area contributed by atoms with Gasteiger partial charge in [0.2, 0.25) is 5.91 Å². The number of aliphatic hydroxyl groups is 6. The first-order chi connectivity index (χ1) is 12.7. The zero-order chi connectivity index (χ0) is 20.3. The van der Waals surface area contributed by atoms with Crippen molar-refractivity contribution in [1.29, 1.82) is 0 Å². The van der Waals surface area contributed by atoms with E-state index in [0.717, 1.165) is 0 Å². The Morgan fingerprint density at radius 2 is 1.56 bits per heavy atom. The molecule has 2 saturated heterocycles. The van der Waals surface area contributed by atoms with Gasteiger partial charge < -0.3 is 50.2 Å². The van der Waals surface area contributed by atoms with Gasteiger partial charge >= 0.3 is 0 Å². The van der Waals surface area contributed by atoms with E-state index in [2.05, 4.69) is 10.2 Å². The van der Waals surface area contributed by atoms with Crippen LogP contribution in [0.2, 0.25) is 0 Å². The Morgan fingerprint density at radius 3 is 2.07 bits per heavy atom. The van der Waals surface area contributed by atoms with Gasteiger partial charge in [0.05, 0.1) is 13.2 Å². The standard InChI is InChI=1S/C14H26N2O11/c1-4(19)16-7-9(21)12(6(3-18)25-13(7)27-15)26-14-11(23)10(22)8(20)5(2-17)24-14/h5-14,17-18,20-23H,2-3,15H2,1H3,(H,16,19)/t5-,6-,7-,8+,9-,10+,11-,12-,13+,14+/m1/s1. The summed E-state index contributed by atoms with van der Waals surface area (Å²) in [5.74, 6) is 4.58. The van der Waals surface area contributed by atoms with Crippen molar-refractivity contribution in [3.05, 3.63) is 0 Å². The van der Waals surface area contributed by atoms with Crippen LogP contribution in [0.1, 0.15) is 6.92 Å². The molecule has 2 aliphatic heterocycles. The van der Waals surface area contributed by atoms with Gasteiger partial charge in [-0.3, -0.25) is 9.63 Å². The normalized spacial score (nSPS) is 45.5. The molecule has 9 N–H and O–H groups in total. The minimum absolute atomic E-state index is 0.529. The lowest BCUT2D eigenvalue weighted by atomic mass is 9.95. The van der Waals surface area contributed by atoms with E-state index in [1.165, 1.54) is 6.92 Å². The van der Waals surface area contributed by atoms with E-state index >= 15 is 0 Å². The van der Waals surface area contributed by atoms with E-state index < -0.39 is 80.5 Å². The van der Waals surface area contributed by atoms with E-state index in [1.54, 1.807) is 0 Å². The molecule has 0 radical (unpaired) electrons. The smallest absolute Gasteiger partial charge is 0.217 e. The quantitative estimate of drug-likeness (QED) is 0.197. The average molecular weight is 398 g/mol. The number of rotatable bonds is 6. The van der Waals surface area contributed by atoms with Gasteiger partial charge in [-0.05, 0) is 0 Å². The Balaban J connectivity index is 2.19. The van der Waals surface area contributed by atoms with Gasteiger partial charge in [0.1, 0.15) is 48.8 Å². The topological polar surface area (TPSA) is 213 Å². The fourth-order valence-electron chi connectivity index (χ4n) is 3.07. The Bertz CT molecular complexity index is 496. The number of carbonyl (C=O) groups is 1. The van der Waals surface area contributed by atoms with Crippen LogP contribution in [0.4, 0.5) is 0 Å². The lowest BCUT2D eigenvalue weighted by molar-refractivity contribution is -0.348. The van der Waals surface area contributed by atoms with Crippen LogP contribution in [0, 0.1) is 0 Å². The molecule has 13 nitrogen and oxygen atoms in total. The number of aliphatic hydroxyl groups excluding tert-OH is 6. The summed E-state index contributed by atoms with van der Waals surface area (Å²) in [7, 11) is 0. The Labute approximate surface area is 154 Å². The van der Waals surface area contributed by atoms with Gasteiger partial charge in [-0.2, -0.15) is 0 Å². The first kappa shape index (κ1) is 22.3. The summed E-state index contributed by atoms with van der Waals surface area (Å²) in [6.07, 6.45) is -13.2. The van der Waals surface area contributed by atoms with E-state index in [9.17, 15) is 35.4 Å². The van der Waals surface area contributed by atoms with Gasteiger partial charge in [-0.25, -0.2) is 5.90 Å². The lowest BCUT2D eigenvalue weighted by Gasteiger charge is -2.46. The molecule has 2 aliphatic rings. The number of amides is 1. The van der Waals surface area contributed by atoms with Gasteiger partial charge in [-0.15, -0.1) is 0 Å². The van der Waals surface area contributed by atoms with Gasteiger partial charge in [0.15, 0.2) is 12.6 Å². The summed E-state index contributed by atoms with van der Waals surface area (Å²) in [6.45, 7) is -0.132. The third-order valence-electron chi connectivity index (χ3n) is 4.50. The van der Waals surface area contributed by atoms with E-state index in [0.29, 0.717) is 0 Å². The molecule has 158 valence electrons. The molecule has 0 aromatic heterocycles. The van der Waals surface area contributed by atoms with Crippen molar-refractivity contribution < 1.29 is 54.5 Å². The van der Waals surface area contributed by atoms with Crippen molar-refractivity contribution in [2.75, 3.05) is 13.2 Å². The van der Waals surface area contributed by atoms with Crippen LogP contribution in [0.25, 0.3) is 0 Å². The SMILES string of the molecule is CC(=O)N[C@H]1[C@H](ON)O[C@H](CO)[C@@H](O[C@@H]2O[C@H](CO)[C@H](O)[C@H](O)[C@H]2O)[C@@H]1O. The van der Waals surface area contributed by atoms with Crippen LogP contribution >= 0.6 is 0 Å². The van der Waals surface area contributed by atoms with Gasteiger partial charge in [0.25, 0.3) is 0 Å². The van der Waals surface area contributed by atoms with Gasteiger partial charge in [-0.1, -0.05) is 0 Å². The van der Waals surface area contributed by atoms with Crippen LogP contribution in [0.3, 0.4) is 0 Å². The van der Waals surface area contributed by atoms with E-state index in [1.807, 2.05) is 0 Å². The molecule has 0 aromatic carbocycles. The average Bonchev–Trinajstić information content (AvgIpc) is 2.64. The fourth-order valence-corrected chi connectivity index (χ4v) is 3.07. The predicted molar refractivity (Wildman–Crippen MR) is 83.3 cm³/mol. The first-order valence-corrected chi connectivity index (χ1v) is 8.28. The molecule has 0 aromatic rings. The number of hydrogen-bond acceptors (Lipinski definition) is 12. The molecule has 2 fully saturated rings. The van der Waals surface area contributed by atoms with Crippen LogP contribution in [0.15, 0.2) is 0 Å². The second kappa shape index (κ2) is 9.49. The monoisotopic (exact) mass is 398 g/mol. The molecule has 13 heteroatoms. The molecule has 0 spiro atoms. The Hall–Kier alpha value is -0.970. The number of nitrogens with one attached hydrogen (secondary N) is 1. The van der Waals surface area contributed by atoms with Crippen molar-refractivity contribution in [3.8, 4) is 0 Å². The number of ether oxygens (including phenoxy) is 3. The lowest BCUT2D eigenvalue weighted by Crippen LogP contribution is -2.67. The maximum atomic E-state index is 11.4. The highest BCUT2D eigenvalue weighted by Gasteiger charge is 2.51. The van der Waals surface area contributed by atoms with Crippen molar-refractivity contribution in [2.45, 2.75) is 68.3 Å². The number of carbonyl (C=O) groups excluding carboxylic acids is 1. The zero-order valence-electron chi connectivity index (χ0n) is 14.5. The second-order valence-corrected chi connectivity index (χ2v) is 6.38. The molecule has 10 atom stereocenters. The highest BCUT2D eigenvalue weighted by Crippen LogP contribution is 2.29. The van der Waals surface area contributed by atoms with Crippen molar-refractivity contribution >= 4 is 5.91 Å². The summed E-state index contributed by atoms with van der Waals surface area (Å²) < 4.78 is 16.1. The third-order valence-corrected chi connectivity index (χ3v) is 4.50. The van der Waals surface area contributed by atoms with E-state index in [4.69, 9.17) is 20.1 Å². The Kier molecular flexibility index (Phi) is 7.84. The highest BCUT2D eigenvalue weighted by atomic mass is 16.8. The molecule has 0 bridgehead atoms. The molecule has 1 amide bonds. The van der Waals surface area contributed by atoms with Crippen molar-refractivity contribution in [2.24, 2.45) is 5.90 Å². The molecule has 0 saturated carbocycles. The summed E-state index contributed by atoms with van der Waals surface area (Å²) in [6, 6.07) is -1.18. The van der Waals surface area contributed by atoms with Crippen molar-refractivity contribution in [3.63, 3.8) is 0 Å². The van der Waals surface area contributed by atoms with E-state index in [-0.39, 0.29) is 0 Å². The minimum atomic E-state index is -1.72. The van der Waals surface area contributed by atoms with Gasteiger partial charge in [0, 0.05) is 6.92 Å². The Morgan fingerprint density at radius 1 is 0.963 bits per heavy atom. The number of hydrogen-bond donors (Lipinski definition) is 8. The van der Waals surface area contributed by atoms with Crippen LogP contribution < -0.4 is 11.2 Å². The summed E-state index contributed by atoms with van der Waals surface area (Å²) in [5, 5.41) is 61.4. The molecule has 2 rings (SSSR count). The zero-order valence-corrected chi connectivity index (χ0v) is 14.5. The molecule has 2 heterocycles. The first-order valence-electron chi connectivity index (χ1n) is 8.28. The molecule has 0 unspecified atom stereocenters. The second-order valence-electron chi connectivity index (χ2n) is 6.38. The largest absolute Gasteiger partial charge is 0.394 e. The van der Waals surface area contributed by atoms with Crippen molar-refractivity contribution in [1.82, 2.24) is 5.32 Å². The minimum Gasteiger partial charge on any atom is -0.394 e. The summed E-state index contributed by atoms with van der Waals surface area (Å²) in [5.41, 5.74) is 0. The molecular formula is C14H26N2O11. The third kappa shape index (κ3) is 4.72. The molecule has 0 aliphatic carbocycles.